The Kier molecular flexibility index (Phi) is 3.43. The monoisotopic (exact) mass is 224 g/mol. The molecule has 1 aliphatic rings. The van der Waals surface area contributed by atoms with Crippen LogP contribution in [0.2, 0.25) is 0 Å². The number of hydrogen-bond donors (Lipinski definition) is 1. The summed E-state index contributed by atoms with van der Waals surface area (Å²) in [5.74, 6) is 1.66. The van der Waals surface area contributed by atoms with Gasteiger partial charge < -0.3 is 10.6 Å². The molecule has 0 radical (unpaired) electrons. The second kappa shape index (κ2) is 4.81. The largest absolute Gasteiger partial charge is 0.356 e. The Balaban J connectivity index is 2.09. The van der Waals surface area contributed by atoms with Gasteiger partial charge in [0, 0.05) is 19.3 Å². The molecule has 2 rings (SSSR count). The van der Waals surface area contributed by atoms with Gasteiger partial charge in [-0.2, -0.15) is 0 Å². The Morgan fingerprint density at radius 2 is 2.53 bits per heavy atom. The Morgan fingerprint density at radius 3 is 3.20 bits per heavy atom. The van der Waals surface area contributed by atoms with Gasteiger partial charge in [-0.15, -0.1) is 0 Å². The molecule has 82 valence electrons. The van der Waals surface area contributed by atoms with Gasteiger partial charge >= 0.3 is 0 Å². The van der Waals surface area contributed by atoms with Crippen LogP contribution in [0.25, 0.3) is 0 Å². The minimum absolute atomic E-state index is 0.623. The van der Waals surface area contributed by atoms with Crippen LogP contribution in [-0.4, -0.2) is 35.9 Å². The Bertz CT molecular complexity index is 331. The molecule has 15 heavy (non-hydrogen) atoms. The number of nitrogens with two attached hydrogens (primary N) is 1. The summed E-state index contributed by atoms with van der Waals surface area (Å²) in [4.78, 5) is 10.9. The van der Waals surface area contributed by atoms with Crippen molar-refractivity contribution in [1.29, 1.82) is 0 Å². The third-order valence-corrected chi connectivity index (χ3v) is 3.31. The minimum atomic E-state index is 0.623. The smallest absolute Gasteiger partial charge is 0.189 e. The molecule has 0 spiro atoms. The van der Waals surface area contributed by atoms with Crippen molar-refractivity contribution in [1.82, 2.24) is 9.97 Å². The lowest BCUT2D eigenvalue weighted by Gasteiger charge is -2.17. The third kappa shape index (κ3) is 2.41. The molecule has 1 aliphatic heterocycles. The van der Waals surface area contributed by atoms with Gasteiger partial charge in [0.1, 0.15) is 5.82 Å². The van der Waals surface area contributed by atoms with E-state index in [1.807, 2.05) is 18.5 Å². The van der Waals surface area contributed by atoms with Crippen molar-refractivity contribution in [3.05, 3.63) is 12.3 Å². The Labute approximate surface area is 94.3 Å². The lowest BCUT2D eigenvalue weighted by atomic mass is 10.1. The zero-order chi connectivity index (χ0) is 10.7. The van der Waals surface area contributed by atoms with Gasteiger partial charge in [-0.05, 0) is 31.2 Å². The van der Waals surface area contributed by atoms with Crippen LogP contribution in [0.1, 0.15) is 6.42 Å². The molecular formula is C10H16N4S. The molecule has 1 aromatic heterocycles. The van der Waals surface area contributed by atoms with Crippen molar-refractivity contribution in [2.45, 2.75) is 11.6 Å². The molecule has 0 saturated carbocycles. The second-order valence-electron chi connectivity index (χ2n) is 3.74. The van der Waals surface area contributed by atoms with E-state index < -0.39 is 0 Å². The van der Waals surface area contributed by atoms with E-state index in [9.17, 15) is 0 Å². The molecule has 2 heterocycles. The maximum absolute atomic E-state index is 5.67. The molecule has 4 nitrogen and oxygen atoms in total. The number of thioether (sulfide) groups is 1. The quantitative estimate of drug-likeness (QED) is 0.613. The van der Waals surface area contributed by atoms with E-state index in [1.54, 1.807) is 11.8 Å². The van der Waals surface area contributed by atoms with Crippen LogP contribution in [0.3, 0.4) is 0 Å². The summed E-state index contributed by atoms with van der Waals surface area (Å²) in [6.45, 7) is 2.87. The van der Waals surface area contributed by atoms with Crippen molar-refractivity contribution < 1.29 is 0 Å². The molecule has 0 amide bonds. The lowest BCUT2D eigenvalue weighted by molar-refractivity contribution is 0.602. The van der Waals surface area contributed by atoms with Gasteiger partial charge in [-0.1, -0.05) is 11.8 Å². The lowest BCUT2D eigenvalue weighted by Crippen LogP contribution is -2.23. The van der Waals surface area contributed by atoms with Crippen LogP contribution in [-0.2, 0) is 0 Å². The molecule has 0 bridgehead atoms. The maximum atomic E-state index is 5.67. The summed E-state index contributed by atoms with van der Waals surface area (Å²) in [5.41, 5.74) is 5.67. The highest BCUT2D eigenvalue weighted by Gasteiger charge is 2.22. The van der Waals surface area contributed by atoms with Crippen LogP contribution in [0, 0.1) is 5.92 Å². The summed E-state index contributed by atoms with van der Waals surface area (Å²) in [6.07, 6.45) is 4.99. The highest BCUT2D eigenvalue weighted by Crippen LogP contribution is 2.22. The van der Waals surface area contributed by atoms with Crippen LogP contribution in [0.4, 0.5) is 5.82 Å². The fourth-order valence-corrected chi connectivity index (χ4v) is 2.19. The Morgan fingerprint density at radius 1 is 1.67 bits per heavy atom. The first-order chi connectivity index (χ1) is 7.33. The highest BCUT2D eigenvalue weighted by molar-refractivity contribution is 7.98. The molecule has 1 fully saturated rings. The summed E-state index contributed by atoms with van der Waals surface area (Å²) in [6, 6.07) is 1.97. The van der Waals surface area contributed by atoms with E-state index in [1.165, 1.54) is 6.42 Å². The molecule has 0 aliphatic carbocycles. The van der Waals surface area contributed by atoms with Crippen LogP contribution >= 0.6 is 11.8 Å². The standard InChI is InChI=1S/C10H16N4S/c1-15-10-12-4-2-9(13-10)14-5-3-8(6-11)7-14/h2,4,8H,3,5-7,11H2,1H3. The molecule has 1 unspecified atom stereocenters. The number of nitrogens with zero attached hydrogens (tertiary/aromatic N) is 3. The second-order valence-corrected chi connectivity index (χ2v) is 4.51. The summed E-state index contributed by atoms with van der Waals surface area (Å²) >= 11 is 1.57. The zero-order valence-corrected chi connectivity index (χ0v) is 9.70. The van der Waals surface area contributed by atoms with Gasteiger partial charge in [0.05, 0.1) is 0 Å². The summed E-state index contributed by atoms with van der Waals surface area (Å²) in [5, 5.41) is 0.837. The van der Waals surface area contributed by atoms with Gasteiger partial charge in [0.25, 0.3) is 0 Å². The van der Waals surface area contributed by atoms with E-state index in [4.69, 9.17) is 5.73 Å². The predicted molar refractivity (Wildman–Crippen MR) is 63.2 cm³/mol. The van der Waals surface area contributed by atoms with E-state index in [0.717, 1.165) is 30.6 Å². The first kappa shape index (κ1) is 10.7. The topological polar surface area (TPSA) is 55.0 Å². The van der Waals surface area contributed by atoms with Crippen molar-refractivity contribution >= 4 is 17.6 Å². The first-order valence-corrected chi connectivity index (χ1v) is 6.38. The predicted octanol–water partition coefficient (Wildman–Crippen LogP) is 0.984. The number of hydrogen-bond acceptors (Lipinski definition) is 5. The van der Waals surface area contributed by atoms with Gasteiger partial charge in [-0.25, -0.2) is 9.97 Å². The highest BCUT2D eigenvalue weighted by atomic mass is 32.2. The summed E-state index contributed by atoms with van der Waals surface area (Å²) < 4.78 is 0. The number of anilines is 1. The molecule has 1 atom stereocenters. The Hall–Kier alpha value is -0.810. The minimum Gasteiger partial charge on any atom is -0.356 e. The van der Waals surface area contributed by atoms with Crippen LogP contribution in [0.5, 0.6) is 0 Å². The molecule has 0 aromatic carbocycles. The molecular weight excluding hydrogens is 208 g/mol. The third-order valence-electron chi connectivity index (χ3n) is 2.74. The van der Waals surface area contributed by atoms with Crippen molar-refractivity contribution in [2.24, 2.45) is 11.7 Å². The number of aromatic nitrogens is 2. The van der Waals surface area contributed by atoms with Crippen molar-refractivity contribution in [3.8, 4) is 0 Å². The fourth-order valence-electron chi connectivity index (χ4n) is 1.84. The van der Waals surface area contributed by atoms with E-state index in [-0.39, 0.29) is 0 Å². The van der Waals surface area contributed by atoms with E-state index in [0.29, 0.717) is 5.92 Å². The van der Waals surface area contributed by atoms with Crippen molar-refractivity contribution in [3.63, 3.8) is 0 Å². The van der Waals surface area contributed by atoms with Gasteiger partial charge in [0.2, 0.25) is 0 Å². The van der Waals surface area contributed by atoms with E-state index in [2.05, 4.69) is 14.9 Å². The summed E-state index contributed by atoms with van der Waals surface area (Å²) in [7, 11) is 0. The first-order valence-electron chi connectivity index (χ1n) is 5.15. The average Bonchev–Trinajstić information content (AvgIpc) is 2.78. The van der Waals surface area contributed by atoms with Crippen LogP contribution < -0.4 is 10.6 Å². The van der Waals surface area contributed by atoms with Crippen molar-refractivity contribution in [2.75, 3.05) is 30.8 Å². The van der Waals surface area contributed by atoms with Gasteiger partial charge in [-0.3, -0.25) is 0 Å². The zero-order valence-electron chi connectivity index (χ0n) is 8.89. The fraction of sp³-hybridized carbons (Fsp3) is 0.600. The molecule has 1 saturated heterocycles. The van der Waals surface area contributed by atoms with Crippen LogP contribution in [0.15, 0.2) is 17.4 Å². The SMILES string of the molecule is CSc1nccc(N2CCC(CN)C2)n1. The maximum Gasteiger partial charge on any atom is 0.189 e. The molecule has 2 N–H and O–H groups in total. The number of rotatable bonds is 3. The average molecular weight is 224 g/mol. The molecule has 5 heteroatoms. The van der Waals surface area contributed by atoms with E-state index >= 15 is 0 Å². The normalized spacial score (nSPS) is 20.9. The van der Waals surface area contributed by atoms with Gasteiger partial charge in [0.15, 0.2) is 5.16 Å². The molecule has 1 aromatic rings.